The molecule has 1 N–H and O–H groups in total. The molecule has 1 saturated heterocycles. The molecule has 4 heterocycles. The van der Waals surface area contributed by atoms with Crippen molar-refractivity contribution in [2.75, 3.05) is 32.8 Å². The molecular formula is C25H25ClFN3O2S. The minimum absolute atomic E-state index is 0.291. The van der Waals surface area contributed by atoms with Gasteiger partial charge in [-0.3, -0.25) is 14.9 Å². The van der Waals surface area contributed by atoms with Crippen molar-refractivity contribution in [1.29, 1.82) is 0 Å². The van der Waals surface area contributed by atoms with Gasteiger partial charge in [0.05, 0.1) is 39.0 Å². The number of pyridine rings is 2. The number of aromatic nitrogens is 2. The molecule has 1 aromatic carbocycles. The molecule has 8 heteroatoms. The number of halogens is 2. The van der Waals surface area contributed by atoms with Crippen LogP contribution in [0.2, 0.25) is 5.02 Å². The second-order valence-corrected chi connectivity index (χ2v) is 9.29. The number of morpholine rings is 1. The Morgan fingerprint density at radius 1 is 1.12 bits per heavy atom. The predicted octanol–water partition coefficient (Wildman–Crippen LogP) is 5.73. The summed E-state index contributed by atoms with van der Waals surface area (Å²) in [5, 5.41) is 9.42. The van der Waals surface area contributed by atoms with Crippen molar-refractivity contribution >= 4 is 33.2 Å². The fourth-order valence-corrected chi connectivity index (χ4v) is 4.74. The van der Waals surface area contributed by atoms with E-state index in [0.717, 1.165) is 70.6 Å². The van der Waals surface area contributed by atoms with Crippen LogP contribution >= 0.6 is 22.9 Å². The van der Waals surface area contributed by atoms with Crippen molar-refractivity contribution < 1.29 is 14.2 Å². The minimum Gasteiger partial charge on any atom is -0.505 e. The third kappa shape index (κ3) is 6.26. The number of fused-ring (bicyclic) bond motifs is 1. The molecule has 0 radical (unpaired) electrons. The van der Waals surface area contributed by atoms with Gasteiger partial charge in [-0.15, -0.1) is 11.3 Å². The zero-order valence-electron chi connectivity index (χ0n) is 18.3. The standard InChI is InChI=1S/C18H18ClN3OS.C7H7FO/c19-14-3-5-20-16-11-17(24-18(14)16)15-2-1-13(12-21-15)4-6-22-7-9-23-10-8-22;1-5-2-3-7(9)6(8)4-5/h1-3,5,11-12H,4,6-10H2;2-4,9H,1H3. The molecule has 0 unspecified atom stereocenters. The molecule has 5 rings (SSSR count). The number of rotatable bonds is 4. The summed E-state index contributed by atoms with van der Waals surface area (Å²) in [5.74, 6) is -0.851. The lowest BCUT2D eigenvalue weighted by Gasteiger charge is -2.26. The minimum atomic E-state index is -0.560. The number of aromatic hydroxyl groups is 1. The molecule has 0 amide bonds. The van der Waals surface area contributed by atoms with Crippen molar-refractivity contribution in [3.8, 4) is 16.3 Å². The van der Waals surface area contributed by atoms with Gasteiger partial charge in [0.1, 0.15) is 0 Å². The van der Waals surface area contributed by atoms with Gasteiger partial charge < -0.3 is 9.84 Å². The molecule has 0 aliphatic carbocycles. The molecule has 4 aromatic rings. The van der Waals surface area contributed by atoms with E-state index in [4.69, 9.17) is 21.4 Å². The van der Waals surface area contributed by atoms with Gasteiger partial charge in [-0.25, -0.2) is 4.39 Å². The maximum absolute atomic E-state index is 12.3. The van der Waals surface area contributed by atoms with Crippen molar-refractivity contribution in [3.63, 3.8) is 0 Å². The molecule has 1 fully saturated rings. The Kier molecular flexibility index (Phi) is 7.88. The van der Waals surface area contributed by atoms with E-state index in [2.05, 4.69) is 33.1 Å². The average molecular weight is 486 g/mol. The lowest BCUT2D eigenvalue weighted by atomic mass is 10.1. The van der Waals surface area contributed by atoms with Crippen LogP contribution in [0.1, 0.15) is 11.1 Å². The Bertz CT molecular complexity index is 1210. The van der Waals surface area contributed by atoms with E-state index >= 15 is 0 Å². The third-order valence-corrected chi connectivity index (χ3v) is 6.97. The number of thiophene rings is 1. The summed E-state index contributed by atoms with van der Waals surface area (Å²) in [6.45, 7) is 6.58. The molecule has 5 nitrogen and oxygen atoms in total. The topological polar surface area (TPSA) is 58.5 Å². The number of aryl methyl sites for hydroxylation is 1. The normalized spacial score (nSPS) is 14.2. The second-order valence-electron chi connectivity index (χ2n) is 7.83. The molecule has 1 aliphatic rings. The van der Waals surface area contributed by atoms with Gasteiger partial charge in [0.15, 0.2) is 11.6 Å². The van der Waals surface area contributed by atoms with Crippen molar-refractivity contribution in [2.45, 2.75) is 13.3 Å². The zero-order valence-corrected chi connectivity index (χ0v) is 19.9. The van der Waals surface area contributed by atoms with Crippen LogP contribution in [0.25, 0.3) is 20.8 Å². The summed E-state index contributed by atoms with van der Waals surface area (Å²) >= 11 is 7.87. The highest BCUT2D eigenvalue weighted by molar-refractivity contribution is 7.22. The van der Waals surface area contributed by atoms with Gasteiger partial charge in [0, 0.05) is 32.0 Å². The molecular weight excluding hydrogens is 461 g/mol. The van der Waals surface area contributed by atoms with Crippen LogP contribution in [0, 0.1) is 12.7 Å². The Labute approximate surface area is 201 Å². The van der Waals surface area contributed by atoms with E-state index in [9.17, 15) is 4.39 Å². The molecule has 1 aliphatic heterocycles. The Balaban J connectivity index is 0.000000243. The zero-order chi connectivity index (χ0) is 23.2. The summed E-state index contributed by atoms with van der Waals surface area (Å²) in [6.07, 6.45) is 4.74. The number of hydrogen-bond donors (Lipinski definition) is 1. The van der Waals surface area contributed by atoms with Gasteiger partial charge >= 0.3 is 0 Å². The molecule has 3 aromatic heterocycles. The lowest BCUT2D eigenvalue weighted by Crippen LogP contribution is -2.37. The summed E-state index contributed by atoms with van der Waals surface area (Å²) in [5.41, 5.74) is 3.98. The Morgan fingerprint density at radius 3 is 2.61 bits per heavy atom. The molecule has 0 spiro atoms. The third-order valence-electron chi connectivity index (χ3n) is 5.36. The summed E-state index contributed by atoms with van der Waals surface area (Å²) in [4.78, 5) is 12.5. The highest BCUT2D eigenvalue weighted by Gasteiger charge is 2.11. The average Bonchev–Trinajstić information content (AvgIpc) is 3.28. The van der Waals surface area contributed by atoms with E-state index in [-0.39, 0.29) is 5.75 Å². The highest BCUT2D eigenvalue weighted by atomic mass is 35.5. The molecule has 0 saturated carbocycles. The first-order valence-electron chi connectivity index (χ1n) is 10.7. The van der Waals surface area contributed by atoms with E-state index < -0.39 is 5.82 Å². The van der Waals surface area contributed by atoms with Gasteiger partial charge in [0.2, 0.25) is 0 Å². The number of benzene rings is 1. The van der Waals surface area contributed by atoms with E-state index in [1.54, 1.807) is 30.5 Å². The van der Waals surface area contributed by atoms with Crippen molar-refractivity contribution in [2.24, 2.45) is 0 Å². The Morgan fingerprint density at radius 2 is 1.94 bits per heavy atom. The number of nitrogens with zero attached hydrogens (tertiary/aromatic N) is 3. The Hall–Kier alpha value is -2.58. The van der Waals surface area contributed by atoms with Crippen LogP contribution in [0.5, 0.6) is 5.75 Å². The maximum Gasteiger partial charge on any atom is 0.165 e. The SMILES string of the molecule is Cc1ccc(O)c(F)c1.Clc1ccnc2cc(-c3ccc(CCN4CCOCC4)cn3)sc12. The largest absolute Gasteiger partial charge is 0.505 e. The maximum atomic E-state index is 12.3. The van der Waals surface area contributed by atoms with Gasteiger partial charge in [0.25, 0.3) is 0 Å². The van der Waals surface area contributed by atoms with Crippen LogP contribution in [0.4, 0.5) is 4.39 Å². The first-order chi connectivity index (χ1) is 16.0. The van der Waals surface area contributed by atoms with Crippen LogP contribution in [-0.2, 0) is 11.2 Å². The van der Waals surface area contributed by atoms with Gasteiger partial charge in [-0.2, -0.15) is 0 Å². The fourth-order valence-electron chi connectivity index (χ4n) is 3.48. The van der Waals surface area contributed by atoms with Gasteiger partial charge in [-0.1, -0.05) is 23.7 Å². The van der Waals surface area contributed by atoms with Gasteiger partial charge in [-0.05, 0) is 54.8 Å². The monoisotopic (exact) mass is 485 g/mol. The molecule has 33 heavy (non-hydrogen) atoms. The van der Waals surface area contributed by atoms with Crippen LogP contribution < -0.4 is 0 Å². The first-order valence-corrected chi connectivity index (χ1v) is 11.9. The van der Waals surface area contributed by atoms with E-state index in [1.807, 2.05) is 12.3 Å². The number of hydrogen-bond acceptors (Lipinski definition) is 6. The van der Waals surface area contributed by atoms with Crippen molar-refractivity contribution in [1.82, 2.24) is 14.9 Å². The lowest BCUT2D eigenvalue weighted by molar-refractivity contribution is 0.0384. The number of phenolic OH excluding ortho intramolecular Hbond substituents is 1. The quantitative estimate of drug-likeness (QED) is 0.400. The van der Waals surface area contributed by atoms with E-state index in [1.165, 1.54) is 17.7 Å². The van der Waals surface area contributed by atoms with Crippen LogP contribution in [0.15, 0.2) is 54.9 Å². The highest BCUT2D eigenvalue weighted by Crippen LogP contribution is 2.35. The molecule has 0 atom stereocenters. The first kappa shape index (κ1) is 23.6. The second kappa shape index (κ2) is 11.0. The predicted molar refractivity (Wildman–Crippen MR) is 132 cm³/mol. The molecule has 0 bridgehead atoms. The smallest absolute Gasteiger partial charge is 0.165 e. The fraction of sp³-hybridized carbons (Fsp3) is 0.280. The summed E-state index contributed by atoms with van der Waals surface area (Å²) < 4.78 is 18.7. The summed E-state index contributed by atoms with van der Waals surface area (Å²) in [7, 11) is 0. The van der Waals surface area contributed by atoms with Crippen LogP contribution in [-0.4, -0.2) is 52.8 Å². The summed E-state index contributed by atoms with van der Waals surface area (Å²) in [6, 6.07) is 12.4. The van der Waals surface area contributed by atoms with E-state index in [0.29, 0.717) is 0 Å². The van der Waals surface area contributed by atoms with Crippen LogP contribution in [0.3, 0.4) is 0 Å². The van der Waals surface area contributed by atoms with Crippen molar-refractivity contribution in [3.05, 3.63) is 76.8 Å². The number of ether oxygens (including phenoxy) is 1. The molecule has 172 valence electrons. The number of phenols is 1.